The Labute approximate surface area is 112 Å². The Morgan fingerprint density at radius 1 is 1.56 bits per heavy atom. The van der Waals surface area contributed by atoms with Crippen LogP contribution in [0.4, 0.5) is 0 Å². The van der Waals surface area contributed by atoms with E-state index in [0.717, 1.165) is 30.0 Å². The van der Waals surface area contributed by atoms with Crippen LogP contribution in [-0.2, 0) is 10.3 Å². The van der Waals surface area contributed by atoms with Gasteiger partial charge in [-0.1, -0.05) is 0 Å². The van der Waals surface area contributed by atoms with Gasteiger partial charge < -0.3 is 11.1 Å². The molecule has 1 fully saturated rings. The molecule has 0 spiro atoms. The van der Waals surface area contributed by atoms with Crippen LogP contribution in [0.2, 0.25) is 0 Å². The molecule has 0 radical (unpaired) electrons. The number of nitrogens with zero attached hydrogens (tertiary/aromatic N) is 1. The first kappa shape index (κ1) is 13.5. The molecule has 3 N–H and O–H groups in total. The molecule has 1 amide bonds. The Bertz CT molecular complexity index is 441. The second-order valence-electron chi connectivity index (χ2n) is 5.68. The summed E-state index contributed by atoms with van der Waals surface area (Å²) in [4.78, 5) is 16.7. The van der Waals surface area contributed by atoms with Crippen LogP contribution in [0.1, 0.15) is 43.8 Å². The molecule has 4 nitrogen and oxygen atoms in total. The third-order valence-corrected chi connectivity index (χ3v) is 4.72. The summed E-state index contributed by atoms with van der Waals surface area (Å²) in [5.41, 5.74) is 6.45. The number of carbonyl (C=O) groups is 1. The smallest absolute Gasteiger partial charge is 0.223 e. The quantitative estimate of drug-likeness (QED) is 0.879. The highest BCUT2D eigenvalue weighted by atomic mass is 32.1. The van der Waals surface area contributed by atoms with Gasteiger partial charge in [-0.25, -0.2) is 4.98 Å². The largest absolute Gasteiger partial charge is 0.344 e. The highest BCUT2D eigenvalue weighted by Gasteiger charge is 2.32. The van der Waals surface area contributed by atoms with Crippen molar-refractivity contribution in [3.05, 3.63) is 16.1 Å². The molecule has 2 unspecified atom stereocenters. The lowest BCUT2D eigenvalue weighted by Crippen LogP contribution is -2.43. The van der Waals surface area contributed by atoms with E-state index >= 15 is 0 Å². The molecule has 1 aliphatic rings. The fourth-order valence-electron chi connectivity index (χ4n) is 2.36. The summed E-state index contributed by atoms with van der Waals surface area (Å²) in [6.45, 7) is 5.96. The maximum absolute atomic E-state index is 12.2. The van der Waals surface area contributed by atoms with Crippen LogP contribution in [0.3, 0.4) is 0 Å². The van der Waals surface area contributed by atoms with E-state index in [0.29, 0.717) is 0 Å². The molecule has 1 aliphatic carbocycles. The van der Waals surface area contributed by atoms with Crippen molar-refractivity contribution in [2.24, 2.45) is 11.7 Å². The monoisotopic (exact) mass is 267 g/mol. The summed E-state index contributed by atoms with van der Waals surface area (Å²) in [6, 6.07) is 0.186. The molecule has 18 heavy (non-hydrogen) atoms. The van der Waals surface area contributed by atoms with E-state index in [1.165, 1.54) is 0 Å². The van der Waals surface area contributed by atoms with Crippen molar-refractivity contribution in [1.82, 2.24) is 10.3 Å². The molecule has 2 rings (SSSR count). The summed E-state index contributed by atoms with van der Waals surface area (Å²) >= 11 is 1.59. The number of aromatic nitrogens is 1. The van der Waals surface area contributed by atoms with E-state index < -0.39 is 5.54 Å². The minimum Gasteiger partial charge on any atom is -0.344 e. The van der Waals surface area contributed by atoms with E-state index in [4.69, 9.17) is 5.73 Å². The average molecular weight is 267 g/mol. The molecule has 0 bridgehead atoms. The second kappa shape index (κ2) is 4.97. The lowest BCUT2D eigenvalue weighted by molar-refractivity contribution is -0.126. The van der Waals surface area contributed by atoms with Gasteiger partial charge in [-0.05, 0) is 40.0 Å². The van der Waals surface area contributed by atoms with Crippen molar-refractivity contribution < 1.29 is 4.79 Å². The number of nitrogens with one attached hydrogen (secondary N) is 1. The molecule has 1 aromatic rings. The molecular weight excluding hydrogens is 246 g/mol. The highest BCUT2D eigenvalue weighted by molar-refractivity contribution is 7.09. The summed E-state index contributed by atoms with van der Waals surface area (Å²) in [6.07, 6.45) is 2.66. The number of aryl methyl sites for hydroxylation is 1. The minimum atomic E-state index is -0.400. The average Bonchev–Trinajstić information content (AvgIpc) is 2.86. The number of carbonyl (C=O) groups excluding carboxylic acids is 1. The van der Waals surface area contributed by atoms with Gasteiger partial charge in [0.25, 0.3) is 0 Å². The third-order valence-electron chi connectivity index (χ3n) is 3.43. The van der Waals surface area contributed by atoms with Crippen LogP contribution >= 0.6 is 11.3 Å². The first-order valence-electron chi connectivity index (χ1n) is 6.38. The van der Waals surface area contributed by atoms with Gasteiger partial charge in [0.2, 0.25) is 5.91 Å². The Balaban J connectivity index is 2.01. The summed E-state index contributed by atoms with van der Waals surface area (Å²) in [5.74, 6) is 0.182. The molecule has 100 valence electrons. The van der Waals surface area contributed by atoms with E-state index in [1.54, 1.807) is 11.3 Å². The van der Waals surface area contributed by atoms with Crippen LogP contribution < -0.4 is 11.1 Å². The lowest BCUT2D eigenvalue weighted by Gasteiger charge is -2.25. The van der Waals surface area contributed by atoms with Crippen molar-refractivity contribution in [3.8, 4) is 0 Å². The van der Waals surface area contributed by atoms with Gasteiger partial charge >= 0.3 is 0 Å². The van der Waals surface area contributed by atoms with E-state index in [-0.39, 0.29) is 17.9 Å². The number of hydrogen-bond acceptors (Lipinski definition) is 4. The third kappa shape index (κ3) is 2.90. The van der Waals surface area contributed by atoms with Crippen molar-refractivity contribution in [3.63, 3.8) is 0 Å². The first-order chi connectivity index (χ1) is 8.38. The van der Waals surface area contributed by atoms with Crippen molar-refractivity contribution in [2.45, 2.75) is 51.6 Å². The van der Waals surface area contributed by atoms with Crippen LogP contribution in [0.5, 0.6) is 0 Å². The molecule has 0 saturated heterocycles. The maximum Gasteiger partial charge on any atom is 0.223 e. The zero-order valence-electron chi connectivity index (χ0n) is 11.2. The fourth-order valence-corrected chi connectivity index (χ4v) is 3.24. The zero-order valence-corrected chi connectivity index (χ0v) is 12.0. The SMILES string of the molecule is Cc1csc(C(C)(C)NC(=O)C2CCC(N)C2)n1. The van der Waals surface area contributed by atoms with Crippen LogP contribution in [0.25, 0.3) is 0 Å². The predicted octanol–water partition coefficient (Wildman–Crippen LogP) is 1.93. The Morgan fingerprint density at radius 2 is 2.28 bits per heavy atom. The molecule has 0 aliphatic heterocycles. The van der Waals surface area contributed by atoms with E-state index in [1.807, 2.05) is 26.2 Å². The number of thiazole rings is 1. The molecule has 1 aromatic heterocycles. The topological polar surface area (TPSA) is 68.0 Å². The minimum absolute atomic E-state index is 0.0698. The van der Waals surface area contributed by atoms with E-state index in [9.17, 15) is 4.79 Å². The lowest BCUT2D eigenvalue weighted by atomic mass is 10.0. The molecule has 1 heterocycles. The predicted molar refractivity (Wildman–Crippen MR) is 73.3 cm³/mol. The first-order valence-corrected chi connectivity index (χ1v) is 7.26. The number of nitrogens with two attached hydrogens (primary N) is 1. The summed E-state index contributed by atoms with van der Waals surface area (Å²) in [7, 11) is 0. The van der Waals surface area contributed by atoms with Gasteiger partial charge in [-0.2, -0.15) is 0 Å². The Kier molecular flexibility index (Phi) is 3.73. The Morgan fingerprint density at radius 3 is 2.78 bits per heavy atom. The molecular formula is C13H21N3OS. The maximum atomic E-state index is 12.2. The number of amides is 1. The molecule has 2 atom stereocenters. The van der Waals surface area contributed by atoms with Crippen LogP contribution in [0.15, 0.2) is 5.38 Å². The summed E-state index contributed by atoms with van der Waals surface area (Å²) in [5, 5.41) is 6.06. The normalized spacial score (nSPS) is 24.2. The standard InChI is InChI=1S/C13H21N3OS/c1-8-7-18-12(15-8)13(2,3)16-11(17)9-4-5-10(14)6-9/h7,9-10H,4-6,14H2,1-3H3,(H,16,17). The van der Waals surface area contributed by atoms with Crippen molar-refractivity contribution >= 4 is 17.2 Å². The highest BCUT2D eigenvalue weighted by Crippen LogP contribution is 2.28. The zero-order chi connectivity index (χ0) is 13.3. The number of hydrogen-bond donors (Lipinski definition) is 2. The van der Waals surface area contributed by atoms with Gasteiger partial charge in [0.1, 0.15) is 5.01 Å². The number of rotatable bonds is 3. The van der Waals surface area contributed by atoms with Gasteiger partial charge in [0.05, 0.1) is 5.54 Å². The molecule has 5 heteroatoms. The Hall–Kier alpha value is -0.940. The van der Waals surface area contributed by atoms with Crippen molar-refractivity contribution in [2.75, 3.05) is 0 Å². The fraction of sp³-hybridized carbons (Fsp3) is 0.692. The van der Waals surface area contributed by atoms with Crippen LogP contribution in [-0.4, -0.2) is 16.9 Å². The van der Waals surface area contributed by atoms with Gasteiger partial charge in [-0.15, -0.1) is 11.3 Å². The van der Waals surface area contributed by atoms with Crippen LogP contribution in [0, 0.1) is 12.8 Å². The second-order valence-corrected chi connectivity index (χ2v) is 6.54. The van der Waals surface area contributed by atoms with Gasteiger partial charge in [0.15, 0.2) is 0 Å². The van der Waals surface area contributed by atoms with Crippen molar-refractivity contribution in [1.29, 1.82) is 0 Å². The molecule has 1 saturated carbocycles. The molecule has 0 aromatic carbocycles. The summed E-state index contributed by atoms with van der Waals surface area (Å²) < 4.78 is 0. The van der Waals surface area contributed by atoms with Gasteiger partial charge in [-0.3, -0.25) is 4.79 Å². The van der Waals surface area contributed by atoms with E-state index in [2.05, 4.69) is 10.3 Å². The van der Waals surface area contributed by atoms with Gasteiger partial charge in [0, 0.05) is 23.0 Å².